The maximum absolute atomic E-state index is 12.4. The molecule has 0 radical (unpaired) electrons. The van der Waals surface area contributed by atoms with E-state index in [0.29, 0.717) is 18.5 Å². The minimum Gasteiger partial charge on any atom is -0.481 e. The second kappa shape index (κ2) is 5.91. The summed E-state index contributed by atoms with van der Waals surface area (Å²) in [6.07, 6.45) is 2.88. The largest absolute Gasteiger partial charge is 0.481 e. The second-order valence-corrected chi connectivity index (χ2v) is 6.55. The predicted octanol–water partition coefficient (Wildman–Crippen LogP) is 1.72. The van der Waals surface area contributed by atoms with Crippen LogP contribution in [0.15, 0.2) is 36.5 Å². The van der Waals surface area contributed by atoms with E-state index in [1.165, 1.54) is 0 Å². The first-order valence-corrected chi connectivity index (χ1v) is 8.30. The Hall–Kier alpha value is -3.29. The molecule has 0 atom stereocenters. The number of carbonyl (C=O) groups is 2. The van der Waals surface area contributed by atoms with Crippen LogP contribution in [0.4, 0.5) is 0 Å². The van der Waals surface area contributed by atoms with E-state index in [9.17, 15) is 14.7 Å². The van der Waals surface area contributed by atoms with Crippen LogP contribution in [0.5, 0.6) is 0 Å². The van der Waals surface area contributed by atoms with Crippen LogP contribution in [0.3, 0.4) is 0 Å². The van der Waals surface area contributed by atoms with Gasteiger partial charge in [0.15, 0.2) is 5.69 Å². The Labute approximate surface area is 148 Å². The Morgan fingerprint density at radius 1 is 1.27 bits per heavy atom. The van der Waals surface area contributed by atoms with Gasteiger partial charge in [-0.05, 0) is 44.0 Å². The predicted molar refractivity (Wildman–Crippen MR) is 93.0 cm³/mol. The van der Waals surface area contributed by atoms with E-state index in [0.717, 1.165) is 16.6 Å². The number of pyridine rings is 1. The molecule has 1 fully saturated rings. The van der Waals surface area contributed by atoms with Gasteiger partial charge in [-0.3, -0.25) is 14.6 Å². The van der Waals surface area contributed by atoms with Gasteiger partial charge in [0.05, 0.1) is 22.3 Å². The fourth-order valence-corrected chi connectivity index (χ4v) is 2.99. The third-order valence-electron chi connectivity index (χ3n) is 4.86. The molecule has 0 bridgehead atoms. The van der Waals surface area contributed by atoms with Gasteiger partial charge in [0.25, 0.3) is 5.91 Å². The molecule has 26 heavy (non-hydrogen) atoms. The van der Waals surface area contributed by atoms with Gasteiger partial charge in [0.2, 0.25) is 0 Å². The van der Waals surface area contributed by atoms with Crippen LogP contribution in [-0.4, -0.2) is 43.5 Å². The molecule has 1 aliphatic carbocycles. The van der Waals surface area contributed by atoms with Gasteiger partial charge in [-0.2, -0.15) is 0 Å². The molecule has 132 valence electrons. The third kappa shape index (κ3) is 2.59. The van der Waals surface area contributed by atoms with Gasteiger partial charge in [0.1, 0.15) is 0 Å². The van der Waals surface area contributed by atoms with Crippen molar-refractivity contribution in [3.05, 3.63) is 47.9 Å². The summed E-state index contributed by atoms with van der Waals surface area (Å²) in [5, 5.41) is 20.9. The maximum Gasteiger partial charge on any atom is 0.311 e. The molecule has 1 saturated carbocycles. The maximum atomic E-state index is 12.4. The van der Waals surface area contributed by atoms with Crippen LogP contribution < -0.4 is 5.32 Å². The lowest BCUT2D eigenvalue weighted by Gasteiger charge is -2.10. The monoisotopic (exact) mass is 351 g/mol. The van der Waals surface area contributed by atoms with Crippen molar-refractivity contribution in [3.63, 3.8) is 0 Å². The Bertz CT molecular complexity index is 1020. The lowest BCUT2D eigenvalue weighted by atomic mass is 10.1. The number of amides is 1. The van der Waals surface area contributed by atoms with E-state index < -0.39 is 17.3 Å². The highest BCUT2D eigenvalue weighted by molar-refractivity contribution is 5.94. The molecule has 4 rings (SSSR count). The zero-order chi connectivity index (χ0) is 18.3. The Morgan fingerprint density at radius 3 is 2.81 bits per heavy atom. The normalized spacial score (nSPS) is 15.0. The highest BCUT2D eigenvalue weighted by atomic mass is 16.4. The smallest absolute Gasteiger partial charge is 0.311 e. The van der Waals surface area contributed by atoms with Gasteiger partial charge < -0.3 is 10.4 Å². The number of fused-ring (bicyclic) bond motifs is 1. The molecule has 1 amide bonds. The number of nitrogens with zero attached hydrogens (tertiary/aromatic N) is 4. The van der Waals surface area contributed by atoms with E-state index >= 15 is 0 Å². The number of hydrogen-bond acceptors (Lipinski definition) is 5. The number of nitrogens with one attached hydrogen (secondary N) is 1. The fourth-order valence-electron chi connectivity index (χ4n) is 2.99. The molecule has 8 heteroatoms. The molecule has 0 aliphatic heterocycles. The quantitative estimate of drug-likeness (QED) is 0.724. The number of carbonyl (C=O) groups excluding carboxylic acids is 1. The molecule has 8 nitrogen and oxygen atoms in total. The first-order chi connectivity index (χ1) is 12.5. The average Bonchev–Trinajstić information content (AvgIpc) is 3.36. The van der Waals surface area contributed by atoms with Crippen LogP contribution in [-0.2, 0) is 4.79 Å². The summed E-state index contributed by atoms with van der Waals surface area (Å²) in [6.45, 7) is 1.86. The summed E-state index contributed by atoms with van der Waals surface area (Å²) in [5.41, 5.74) is 1.55. The lowest BCUT2D eigenvalue weighted by molar-refractivity contribution is -0.143. The minimum atomic E-state index is -0.874. The van der Waals surface area contributed by atoms with E-state index in [2.05, 4.69) is 20.6 Å². The summed E-state index contributed by atoms with van der Waals surface area (Å²) in [4.78, 5) is 28.0. The van der Waals surface area contributed by atoms with Gasteiger partial charge in [0, 0.05) is 18.1 Å². The Morgan fingerprint density at radius 2 is 2.08 bits per heavy atom. The summed E-state index contributed by atoms with van der Waals surface area (Å²) >= 11 is 0. The van der Waals surface area contributed by atoms with Crippen LogP contribution in [0.2, 0.25) is 0 Å². The SMILES string of the molecule is Cc1c(C(=O)NCC2(C(=O)O)CC2)nnn1-c1cccc2ncccc12. The first kappa shape index (κ1) is 16.2. The van der Waals surface area contributed by atoms with E-state index in [1.54, 1.807) is 17.8 Å². The third-order valence-corrected chi connectivity index (χ3v) is 4.86. The summed E-state index contributed by atoms with van der Waals surface area (Å²) in [5.74, 6) is -1.29. The molecular weight excluding hydrogens is 334 g/mol. The van der Waals surface area contributed by atoms with Gasteiger partial charge in [-0.15, -0.1) is 5.10 Å². The minimum absolute atomic E-state index is 0.103. The van der Waals surface area contributed by atoms with Gasteiger partial charge in [-0.1, -0.05) is 11.3 Å². The van der Waals surface area contributed by atoms with Crippen molar-refractivity contribution in [2.45, 2.75) is 19.8 Å². The van der Waals surface area contributed by atoms with Crippen molar-refractivity contribution in [1.29, 1.82) is 0 Å². The average molecular weight is 351 g/mol. The molecule has 2 heterocycles. The molecule has 1 aromatic carbocycles. The topological polar surface area (TPSA) is 110 Å². The summed E-state index contributed by atoms with van der Waals surface area (Å²) < 4.78 is 1.60. The highest BCUT2D eigenvalue weighted by Gasteiger charge is 2.50. The van der Waals surface area contributed by atoms with Crippen molar-refractivity contribution in [2.24, 2.45) is 5.41 Å². The molecular formula is C18H17N5O3. The number of aliphatic carboxylic acids is 1. The number of hydrogen-bond donors (Lipinski definition) is 2. The van der Waals surface area contributed by atoms with E-state index in [1.807, 2.05) is 30.3 Å². The molecule has 0 unspecified atom stereocenters. The van der Waals surface area contributed by atoms with E-state index in [-0.39, 0.29) is 12.2 Å². The number of carboxylic acids is 1. The Balaban J connectivity index is 1.62. The summed E-state index contributed by atoms with van der Waals surface area (Å²) in [6, 6.07) is 9.43. The van der Waals surface area contributed by atoms with Gasteiger partial charge >= 0.3 is 5.97 Å². The van der Waals surface area contributed by atoms with Crippen molar-refractivity contribution in [2.75, 3.05) is 6.54 Å². The molecule has 2 aromatic heterocycles. The number of aromatic nitrogens is 4. The van der Waals surface area contributed by atoms with Gasteiger partial charge in [-0.25, -0.2) is 4.68 Å². The first-order valence-electron chi connectivity index (χ1n) is 8.30. The van der Waals surface area contributed by atoms with Crippen LogP contribution in [0.1, 0.15) is 29.0 Å². The Kier molecular flexibility index (Phi) is 3.68. The zero-order valence-electron chi connectivity index (χ0n) is 14.1. The molecule has 2 N–H and O–H groups in total. The fraction of sp³-hybridized carbons (Fsp3) is 0.278. The second-order valence-electron chi connectivity index (χ2n) is 6.55. The van der Waals surface area contributed by atoms with Crippen molar-refractivity contribution < 1.29 is 14.7 Å². The van der Waals surface area contributed by atoms with Crippen molar-refractivity contribution >= 4 is 22.8 Å². The standard InChI is InChI=1S/C18H17N5O3/c1-11-15(16(24)20-10-18(7-8-18)17(25)26)21-22-23(11)14-6-2-5-13-12(14)4-3-9-19-13/h2-6,9H,7-8,10H2,1H3,(H,20,24)(H,25,26). The molecule has 0 spiro atoms. The lowest BCUT2D eigenvalue weighted by Crippen LogP contribution is -2.34. The molecule has 0 saturated heterocycles. The molecule has 3 aromatic rings. The van der Waals surface area contributed by atoms with E-state index in [4.69, 9.17) is 0 Å². The number of rotatable bonds is 5. The number of carboxylic acid groups (broad SMARTS) is 1. The van der Waals surface area contributed by atoms with Crippen LogP contribution in [0.25, 0.3) is 16.6 Å². The van der Waals surface area contributed by atoms with Crippen molar-refractivity contribution in [3.8, 4) is 5.69 Å². The van der Waals surface area contributed by atoms with Crippen LogP contribution in [0, 0.1) is 12.3 Å². The summed E-state index contributed by atoms with van der Waals surface area (Å²) in [7, 11) is 0. The molecule has 1 aliphatic rings. The highest BCUT2D eigenvalue weighted by Crippen LogP contribution is 2.45. The van der Waals surface area contributed by atoms with Crippen LogP contribution >= 0.6 is 0 Å². The van der Waals surface area contributed by atoms with Crippen molar-refractivity contribution in [1.82, 2.24) is 25.3 Å². The zero-order valence-corrected chi connectivity index (χ0v) is 14.1. The number of benzene rings is 1.